The molecule has 1 aromatic carbocycles. The van der Waals surface area contributed by atoms with Gasteiger partial charge in [-0.1, -0.05) is 37.6 Å². The van der Waals surface area contributed by atoms with Gasteiger partial charge in [0.1, 0.15) is 0 Å². The molecule has 4 heteroatoms. The van der Waals surface area contributed by atoms with Crippen LogP contribution in [0.15, 0.2) is 24.3 Å². The zero-order chi connectivity index (χ0) is 15.2. The highest BCUT2D eigenvalue weighted by atomic mass is 19.3. The van der Waals surface area contributed by atoms with Crippen molar-refractivity contribution in [1.29, 1.82) is 0 Å². The molecular weight excluding hydrogens is 270 g/mol. The van der Waals surface area contributed by atoms with Crippen LogP contribution in [0.2, 0.25) is 0 Å². The number of likely N-dealkylation sites (tertiary alicyclic amines) is 1. The summed E-state index contributed by atoms with van der Waals surface area (Å²) in [5.41, 5.74) is 7.09. The second-order valence-electron chi connectivity index (χ2n) is 5.96. The van der Waals surface area contributed by atoms with Crippen molar-refractivity contribution >= 4 is 0 Å². The maximum absolute atomic E-state index is 12.6. The quantitative estimate of drug-likeness (QED) is 0.885. The summed E-state index contributed by atoms with van der Waals surface area (Å²) in [6.45, 7) is 4.89. The minimum absolute atomic E-state index is 0.0800. The largest absolute Gasteiger partial charge is 0.329 e. The predicted octanol–water partition coefficient (Wildman–Crippen LogP) is 4.14. The summed E-state index contributed by atoms with van der Waals surface area (Å²) in [7, 11) is 0. The average Bonchev–Trinajstić information content (AvgIpc) is 2.74. The second-order valence-corrected chi connectivity index (χ2v) is 5.96. The maximum Gasteiger partial charge on any atom is 0.263 e. The molecule has 1 aliphatic rings. The number of benzene rings is 1. The van der Waals surface area contributed by atoms with Crippen LogP contribution >= 0.6 is 0 Å². The molecule has 118 valence electrons. The molecule has 0 bridgehead atoms. The standard InChI is InChI=1S/C17H26F2N2/c1-2-13-4-3-10-21(11-9-13)16(12-20)14-5-7-15(8-6-14)17(18)19/h5-8,13,16-17H,2-4,9-12,20H2,1H3. The zero-order valence-corrected chi connectivity index (χ0v) is 12.8. The van der Waals surface area contributed by atoms with E-state index in [4.69, 9.17) is 5.73 Å². The van der Waals surface area contributed by atoms with Crippen molar-refractivity contribution in [3.8, 4) is 0 Å². The first-order valence-electron chi connectivity index (χ1n) is 7.97. The Morgan fingerprint density at radius 2 is 1.81 bits per heavy atom. The van der Waals surface area contributed by atoms with Crippen LogP contribution in [0.3, 0.4) is 0 Å². The van der Waals surface area contributed by atoms with Gasteiger partial charge in [0.05, 0.1) is 0 Å². The molecule has 0 amide bonds. The topological polar surface area (TPSA) is 29.3 Å². The Labute approximate surface area is 126 Å². The fraction of sp³-hybridized carbons (Fsp3) is 0.647. The van der Waals surface area contributed by atoms with E-state index in [2.05, 4.69) is 11.8 Å². The van der Waals surface area contributed by atoms with E-state index in [0.717, 1.165) is 24.6 Å². The predicted molar refractivity (Wildman–Crippen MR) is 82.4 cm³/mol. The summed E-state index contributed by atoms with van der Waals surface area (Å²) in [5.74, 6) is 0.814. The van der Waals surface area contributed by atoms with E-state index in [9.17, 15) is 8.78 Å². The third-order valence-electron chi connectivity index (χ3n) is 4.70. The third-order valence-corrected chi connectivity index (χ3v) is 4.70. The molecule has 1 aromatic rings. The minimum Gasteiger partial charge on any atom is -0.329 e. The van der Waals surface area contributed by atoms with Crippen molar-refractivity contribution in [2.75, 3.05) is 19.6 Å². The van der Waals surface area contributed by atoms with Crippen molar-refractivity contribution in [3.63, 3.8) is 0 Å². The number of halogens is 2. The molecule has 2 unspecified atom stereocenters. The molecule has 2 nitrogen and oxygen atoms in total. The molecule has 1 aliphatic heterocycles. The Bertz CT molecular complexity index is 419. The Kier molecular flexibility index (Phi) is 6.12. The summed E-state index contributed by atoms with van der Waals surface area (Å²) in [4.78, 5) is 2.42. The Hall–Kier alpha value is -1.00. The lowest BCUT2D eigenvalue weighted by atomic mass is 9.98. The van der Waals surface area contributed by atoms with Crippen LogP contribution in [-0.4, -0.2) is 24.5 Å². The molecule has 2 N–H and O–H groups in total. The van der Waals surface area contributed by atoms with Gasteiger partial charge in [-0.2, -0.15) is 0 Å². The van der Waals surface area contributed by atoms with E-state index in [0.29, 0.717) is 6.54 Å². The van der Waals surface area contributed by atoms with Gasteiger partial charge in [0.15, 0.2) is 0 Å². The number of rotatable bonds is 5. The van der Waals surface area contributed by atoms with Gasteiger partial charge in [0.2, 0.25) is 0 Å². The molecular formula is C17H26F2N2. The van der Waals surface area contributed by atoms with Crippen molar-refractivity contribution in [2.24, 2.45) is 11.7 Å². The monoisotopic (exact) mass is 296 g/mol. The summed E-state index contributed by atoms with van der Waals surface area (Å²) < 4.78 is 25.3. The van der Waals surface area contributed by atoms with Crippen LogP contribution in [-0.2, 0) is 0 Å². The molecule has 1 heterocycles. The van der Waals surface area contributed by atoms with E-state index in [-0.39, 0.29) is 11.6 Å². The molecule has 0 saturated carbocycles. The van der Waals surface area contributed by atoms with Gasteiger partial charge < -0.3 is 5.73 Å². The molecule has 0 aromatic heterocycles. The van der Waals surface area contributed by atoms with Gasteiger partial charge >= 0.3 is 0 Å². The SMILES string of the molecule is CCC1CCCN(C(CN)c2ccc(C(F)F)cc2)CC1. The highest BCUT2D eigenvalue weighted by molar-refractivity contribution is 5.26. The van der Waals surface area contributed by atoms with Crippen LogP contribution in [0, 0.1) is 5.92 Å². The zero-order valence-electron chi connectivity index (χ0n) is 12.8. The number of hydrogen-bond acceptors (Lipinski definition) is 2. The van der Waals surface area contributed by atoms with E-state index in [1.807, 2.05) is 0 Å². The van der Waals surface area contributed by atoms with Crippen LogP contribution in [0.4, 0.5) is 8.78 Å². The van der Waals surface area contributed by atoms with Gasteiger partial charge in [0, 0.05) is 18.2 Å². The van der Waals surface area contributed by atoms with Gasteiger partial charge in [0.25, 0.3) is 6.43 Å². The molecule has 2 atom stereocenters. The lowest BCUT2D eigenvalue weighted by molar-refractivity contribution is 0.151. The fourth-order valence-electron chi connectivity index (χ4n) is 3.27. The van der Waals surface area contributed by atoms with Crippen molar-refractivity contribution in [1.82, 2.24) is 4.90 Å². The lowest BCUT2D eigenvalue weighted by Gasteiger charge is -2.30. The number of nitrogens with two attached hydrogens (primary N) is 1. The van der Waals surface area contributed by atoms with E-state index >= 15 is 0 Å². The molecule has 2 rings (SSSR count). The van der Waals surface area contributed by atoms with Crippen LogP contribution in [0.25, 0.3) is 0 Å². The van der Waals surface area contributed by atoms with Crippen molar-refractivity contribution in [3.05, 3.63) is 35.4 Å². The molecule has 1 saturated heterocycles. The fourth-order valence-corrected chi connectivity index (χ4v) is 3.27. The minimum atomic E-state index is -2.40. The van der Waals surface area contributed by atoms with Gasteiger partial charge in [-0.3, -0.25) is 4.90 Å². The van der Waals surface area contributed by atoms with Crippen LogP contribution in [0.5, 0.6) is 0 Å². The summed E-state index contributed by atoms with van der Waals surface area (Å²) in [5, 5.41) is 0. The van der Waals surface area contributed by atoms with E-state index < -0.39 is 6.43 Å². The summed E-state index contributed by atoms with van der Waals surface area (Å²) >= 11 is 0. The highest BCUT2D eigenvalue weighted by Gasteiger charge is 2.23. The van der Waals surface area contributed by atoms with E-state index in [1.54, 1.807) is 12.1 Å². The van der Waals surface area contributed by atoms with Gasteiger partial charge in [-0.25, -0.2) is 8.78 Å². The Morgan fingerprint density at radius 3 is 2.38 bits per heavy atom. The van der Waals surface area contributed by atoms with Crippen LogP contribution < -0.4 is 5.73 Å². The molecule has 0 aliphatic carbocycles. The molecule has 21 heavy (non-hydrogen) atoms. The van der Waals surface area contributed by atoms with Crippen LogP contribution in [0.1, 0.15) is 56.2 Å². The molecule has 0 radical (unpaired) electrons. The normalized spacial score (nSPS) is 22.2. The Morgan fingerprint density at radius 1 is 1.14 bits per heavy atom. The first-order valence-corrected chi connectivity index (χ1v) is 7.97. The average molecular weight is 296 g/mol. The smallest absolute Gasteiger partial charge is 0.263 e. The first-order chi connectivity index (χ1) is 10.2. The van der Waals surface area contributed by atoms with Gasteiger partial charge in [-0.05, 0) is 43.8 Å². The molecule has 0 spiro atoms. The third kappa shape index (κ3) is 4.24. The number of nitrogens with zero attached hydrogens (tertiary/aromatic N) is 1. The Balaban J connectivity index is 2.07. The maximum atomic E-state index is 12.6. The summed E-state index contributed by atoms with van der Waals surface area (Å²) in [6.07, 6.45) is 2.53. The number of alkyl halides is 2. The number of hydrogen-bond donors (Lipinski definition) is 1. The van der Waals surface area contributed by atoms with Crippen molar-refractivity contribution in [2.45, 2.75) is 45.1 Å². The van der Waals surface area contributed by atoms with E-state index in [1.165, 1.54) is 37.8 Å². The first kappa shape index (κ1) is 16.4. The summed E-state index contributed by atoms with van der Waals surface area (Å²) in [6, 6.07) is 6.81. The second kappa shape index (κ2) is 7.85. The van der Waals surface area contributed by atoms with Gasteiger partial charge in [-0.15, -0.1) is 0 Å². The van der Waals surface area contributed by atoms with Crippen molar-refractivity contribution < 1.29 is 8.78 Å². The molecule has 1 fully saturated rings. The highest BCUT2D eigenvalue weighted by Crippen LogP contribution is 2.28. The lowest BCUT2D eigenvalue weighted by Crippen LogP contribution is -2.34.